The van der Waals surface area contributed by atoms with Gasteiger partial charge >= 0.3 is 0 Å². The highest BCUT2D eigenvalue weighted by molar-refractivity contribution is 9.10. The number of nitrogens with zero attached hydrogens (tertiary/aromatic N) is 2. The van der Waals surface area contributed by atoms with Crippen LogP contribution >= 0.6 is 15.9 Å². The van der Waals surface area contributed by atoms with E-state index in [1.807, 2.05) is 0 Å². The third-order valence-electron chi connectivity index (χ3n) is 3.46. The first-order valence-corrected chi connectivity index (χ1v) is 7.13. The second-order valence-electron chi connectivity index (χ2n) is 4.93. The maximum atomic E-state index is 12.7. The van der Waals surface area contributed by atoms with Gasteiger partial charge in [-0.1, -0.05) is 0 Å². The minimum atomic E-state index is -0.692. The van der Waals surface area contributed by atoms with Crippen molar-refractivity contribution < 1.29 is 14.4 Å². The SMILES string of the molecule is O=C1CC(N(C(=O)c2ccncc2Br)C2CC2)C(=O)N1. The summed E-state index contributed by atoms with van der Waals surface area (Å²) in [5, 5.41) is 2.26. The van der Waals surface area contributed by atoms with E-state index in [0.29, 0.717) is 10.0 Å². The highest BCUT2D eigenvalue weighted by atomic mass is 79.9. The van der Waals surface area contributed by atoms with Crippen LogP contribution in [0.2, 0.25) is 0 Å². The fourth-order valence-electron chi connectivity index (χ4n) is 2.37. The first-order chi connectivity index (χ1) is 9.58. The van der Waals surface area contributed by atoms with Crippen molar-refractivity contribution in [1.82, 2.24) is 15.2 Å². The largest absolute Gasteiger partial charge is 0.323 e. The molecule has 7 heteroatoms. The molecule has 2 heterocycles. The molecule has 1 unspecified atom stereocenters. The van der Waals surface area contributed by atoms with Crippen LogP contribution in [0.1, 0.15) is 29.6 Å². The Labute approximate surface area is 123 Å². The molecule has 0 spiro atoms. The van der Waals surface area contributed by atoms with E-state index in [1.54, 1.807) is 11.0 Å². The molecule has 3 rings (SSSR count). The summed E-state index contributed by atoms with van der Waals surface area (Å²) >= 11 is 3.29. The van der Waals surface area contributed by atoms with Gasteiger partial charge in [-0.15, -0.1) is 0 Å². The number of carbonyl (C=O) groups is 3. The van der Waals surface area contributed by atoms with Crippen molar-refractivity contribution in [3.05, 3.63) is 28.5 Å². The van der Waals surface area contributed by atoms with Crippen LogP contribution in [0, 0.1) is 0 Å². The zero-order valence-corrected chi connectivity index (χ0v) is 12.1. The van der Waals surface area contributed by atoms with Crippen molar-refractivity contribution in [3.63, 3.8) is 0 Å². The lowest BCUT2D eigenvalue weighted by molar-refractivity contribution is -0.126. The van der Waals surface area contributed by atoms with Crippen LogP contribution in [-0.2, 0) is 9.59 Å². The number of amides is 3. The number of nitrogens with one attached hydrogen (secondary N) is 1. The summed E-state index contributed by atoms with van der Waals surface area (Å²) in [4.78, 5) is 41.3. The number of aromatic nitrogens is 1. The molecule has 1 N–H and O–H groups in total. The van der Waals surface area contributed by atoms with E-state index in [-0.39, 0.29) is 30.2 Å². The van der Waals surface area contributed by atoms with E-state index in [4.69, 9.17) is 0 Å². The molecule has 1 saturated carbocycles. The summed E-state index contributed by atoms with van der Waals surface area (Å²) in [7, 11) is 0. The van der Waals surface area contributed by atoms with Crippen molar-refractivity contribution in [3.8, 4) is 0 Å². The predicted octanol–water partition coefficient (Wildman–Crippen LogP) is 0.864. The summed E-state index contributed by atoms with van der Waals surface area (Å²) in [6, 6.07) is 0.961. The third-order valence-corrected chi connectivity index (χ3v) is 4.09. The fourth-order valence-corrected chi connectivity index (χ4v) is 2.79. The monoisotopic (exact) mass is 337 g/mol. The Bertz CT molecular complexity index is 600. The Morgan fingerprint density at radius 2 is 2.15 bits per heavy atom. The van der Waals surface area contributed by atoms with Gasteiger partial charge in [0.1, 0.15) is 6.04 Å². The second kappa shape index (κ2) is 4.97. The van der Waals surface area contributed by atoms with Crippen molar-refractivity contribution in [2.75, 3.05) is 0 Å². The van der Waals surface area contributed by atoms with Crippen molar-refractivity contribution in [2.45, 2.75) is 31.3 Å². The summed E-state index contributed by atoms with van der Waals surface area (Å²) in [6.07, 6.45) is 4.85. The first kappa shape index (κ1) is 13.2. The number of hydrogen-bond acceptors (Lipinski definition) is 4. The average molecular weight is 338 g/mol. The van der Waals surface area contributed by atoms with Crippen LogP contribution in [0.25, 0.3) is 0 Å². The summed E-state index contributed by atoms with van der Waals surface area (Å²) in [5.41, 5.74) is 0.457. The molecule has 0 aromatic carbocycles. The quantitative estimate of drug-likeness (QED) is 0.830. The third kappa shape index (κ3) is 2.33. The summed E-state index contributed by atoms with van der Waals surface area (Å²) in [5.74, 6) is -0.954. The van der Waals surface area contributed by atoms with Gasteiger partial charge in [-0.3, -0.25) is 24.7 Å². The predicted molar refractivity (Wildman–Crippen MR) is 72.7 cm³/mol. The van der Waals surface area contributed by atoms with Gasteiger partial charge in [-0.2, -0.15) is 0 Å². The molecule has 1 aliphatic carbocycles. The van der Waals surface area contributed by atoms with Gasteiger partial charge in [0.2, 0.25) is 11.8 Å². The lowest BCUT2D eigenvalue weighted by Gasteiger charge is -2.27. The number of pyridine rings is 1. The maximum absolute atomic E-state index is 12.7. The number of rotatable bonds is 3. The lowest BCUT2D eigenvalue weighted by atomic mass is 10.1. The van der Waals surface area contributed by atoms with Crippen LogP contribution in [0.15, 0.2) is 22.9 Å². The molecule has 1 atom stereocenters. The van der Waals surface area contributed by atoms with Crippen LogP contribution in [0.4, 0.5) is 0 Å². The van der Waals surface area contributed by atoms with Crippen molar-refractivity contribution >= 4 is 33.7 Å². The number of carbonyl (C=O) groups excluding carboxylic acids is 3. The Morgan fingerprint density at radius 3 is 2.70 bits per heavy atom. The molecule has 104 valence electrons. The second-order valence-corrected chi connectivity index (χ2v) is 5.79. The standard InChI is InChI=1S/C13H12BrN3O3/c14-9-6-15-4-3-8(9)13(20)17(7-1-2-7)10-5-11(18)16-12(10)19/h3-4,6-7,10H,1-2,5H2,(H,16,18,19). The molecule has 2 fully saturated rings. The minimum absolute atomic E-state index is 0.0454. The molecular formula is C13H12BrN3O3. The molecule has 20 heavy (non-hydrogen) atoms. The van der Waals surface area contributed by atoms with E-state index in [1.165, 1.54) is 12.4 Å². The zero-order valence-electron chi connectivity index (χ0n) is 10.5. The number of imide groups is 1. The Hall–Kier alpha value is -1.76. The molecule has 1 aliphatic heterocycles. The summed E-state index contributed by atoms with van der Waals surface area (Å²) < 4.78 is 0.584. The first-order valence-electron chi connectivity index (χ1n) is 6.34. The molecule has 0 bridgehead atoms. The maximum Gasteiger partial charge on any atom is 0.256 e. The number of hydrogen-bond donors (Lipinski definition) is 1. The van der Waals surface area contributed by atoms with E-state index in [2.05, 4.69) is 26.2 Å². The average Bonchev–Trinajstić information content (AvgIpc) is 3.17. The van der Waals surface area contributed by atoms with Crippen molar-refractivity contribution in [1.29, 1.82) is 0 Å². The van der Waals surface area contributed by atoms with Crippen LogP contribution < -0.4 is 5.32 Å². The minimum Gasteiger partial charge on any atom is -0.323 e. The van der Waals surface area contributed by atoms with E-state index in [0.717, 1.165) is 12.8 Å². The van der Waals surface area contributed by atoms with Gasteiger partial charge in [0, 0.05) is 22.9 Å². The lowest BCUT2D eigenvalue weighted by Crippen LogP contribution is -2.46. The topological polar surface area (TPSA) is 79.4 Å². The molecule has 1 saturated heterocycles. The van der Waals surface area contributed by atoms with Gasteiger partial charge in [0.15, 0.2) is 0 Å². The smallest absolute Gasteiger partial charge is 0.256 e. The van der Waals surface area contributed by atoms with Gasteiger partial charge in [0.25, 0.3) is 5.91 Å². The van der Waals surface area contributed by atoms with E-state index < -0.39 is 6.04 Å². The Kier molecular flexibility index (Phi) is 3.29. The fraction of sp³-hybridized carbons (Fsp3) is 0.385. The highest BCUT2D eigenvalue weighted by Crippen LogP contribution is 2.33. The van der Waals surface area contributed by atoms with Gasteiger partial charge in [-0.25, -0.2) is 0 Å². The van der Waals surface area contributed by atoms with Gasteiger partial charge < -0.3 is 4.90 Å². The van der Waals surface area contributed by atoms with Gasteiger partial charge in [0.05, 0.1) is 12.0 Å². The molecule has 6 nitrogen and oxygen atoms in total. The zero-order chi connectivity index (χ0) is 14.3. The highest BCUT2D eigenvalue weighted by Gasteiger charge is 2.45. The van der Waals surface area contributed by atoms with E-state index in [9.17, 15) is 14.4 Å². The molecule has 2 aliphatic rings. The molecule has 1 aromatic rings. The molecule has 1 aromatic heterocycles. The van der Waals surface area contributed by atoms with Gasteiger partial charge in [-0.05, 0) is 34.8 Å². The van der Waals surface area contributed by atoms with Crippen LogP contribution in [0.3, 0.4) is 0 Å². The van der Waals surface area contributed by atoms with Crippen LogP contribution in [-0.4, -0.2) is 39.7 Å². The number of halogens is 1. The van der Waals surface area contributed by atoms with Crippen LogP contribution in [0.5, 0.6) is 0 Å². The van der Waals surface area contributed by atoms with E-state index >= 15 is 0 Å². The molecule has 3 amide bonds. The normalized spacial score (nSPS) is 21.8. The Morgan fingerprint density at radius 1 is 1.40 bits per heavy atom. The molecule has 0 radical (unpaired) electrons. The molecular weight excluding hydrogens is 326 g/mol. The Balaban J connectivity index is 1.92. The summed E-state index contributed by atoms with van der Waals surface area (Å²) in [6.45, 7) is 0. The van der Waals surface area contributed by atoms with Crippen molar-refractivity contribution in [2.24, 2.45) is 0 Å².